The van der Waals surface area contributed by atoms with E-state index in [4.69, 9.17) is 0 Å². The molecule has 0 saturated heterocycles. The Kier molecular flexibility index (Phi) is 10.4. The summed E-state index contributed by atoms with van der Waals surface area (Å²) in [6.45, 7) is 2.30. The lowest BCUT2D eigenvalue weighted by Crippen LogP contribution is -1.84. The Morgan fingerprint density at radius 2 is 1.17 bits per heavy atom. The average Bonchev–Trinajstić information content (AvgIpc) is 3.22. The molecule has 0 N–H and O–H groups in total. The van der Waals surface area contributed by atoms with Crippen molar-refractivity contribution in [2.24, 2.45) is 0 Å². The highest BCUT2D eigenvalue weighted by atomic mass is 14.4. The summed E-state index contributed by atoms with van der Waals surface area (Å²) in [6.07, 6.45) is 32.1. The first-order chi connectivity index (χ1) is 14.4. The molecule has 1 aromatic carbocycles. The molecule has 3 rings (SSSR count). The summed E-state index contributed by atoms with van der Waals surface area (Å²) in [7, 11) is 0. The number of fused-ring (bicyclic) bond motifs is 3. The lowest BCUT2D eigenvalue weighted by Gasteiger charge is -2.04. The van der Waals surface area contributed by atoms with Crippen molar-refractivity contribution >= 4 is 6.08 Å². The number of rotatable bonds is 18. The molecule has 0 saturated carbocycles. The van der Waals surface area contributed by atoms with Crippen molar-refractivity contribution in [1.82, 2.24) is 0 Å². The van der Waals surface area contributed by atoms with Gasteiger partial charge in [-0.2, -0.15) is 0 Å². The summed E-state index contributed by atoms with van der Waals surface area (Å²) in [6, 6.07) is 4.77. The number of hydrogen-bond acceptors (Lipinski definition) is 0. The van der Waals surface area contributed by atoms with Gasteiger partial charge in [-0.3, -0.25) is 0 Å². The van der Waals surface area contributed by atoms with Crippen molar-refractivity contribution in [1.29, 1.82) is 0 Å². The Morgan fingerprint density at radius 1 is 0.655 bits per heavy atom. The molecule has 0 bridgehead atoms. The quantitative estimate of drug-likeness (QED) is 0.217. The molecule has 2 aliphatic rings. The first kappa shape index (κ1) is 22.6. The summed E-state index contributed by atoms with van der Waals surface area (Å²) >= 11 is 0. The van der Waals surface area contributed by atoms with Crippen LogP contribution in [0.5, 0.6) is 0 Å². The van der Waals surface area contributed by atoms with Crippen LogP contribution in [0.4, 0.5) is 0 Å². The number of unbranched alkanes of at least 4 members (excludes halogenated alkanes) is 16. The Hall–Kier alpha value is -1.04. The Balaban J connectivity index is 1.05. The van der Waals surface area contributed by atoms with E-state index in [1.165, 1.54) is 116 Å². The molecule has 1 unspecified atom stereocenters. The third-order valence-electron chi connectivity index (χ3n) is 7.27. The van der Waals surface area contributed by atoms with Crippen LogP contribution in [0.25, 0.3) is 6.08 Å². The van der Waals surface area contributed by atoms with Crippen molar-refractivity contribution < 1.29 is 0 Å². The Bertz CT molecular complexity index is 609. The summed E-state index contributed by atoms with van der Waals surface area (Å²) in [5, 5.41) is 0. The third kappa shape index (κ3) is 7.62. The molecule has 0 aliphatic heterocycles. The summed E-state index contributed by atoms with van der Waals surface area (Å²) in [4.78, 5) is 0. The Morgan fingerprint density at radius 3 is 1.72 bits per heavy atom. The largest absolute Gasteiger partial charge is 0.0795 e. The fraction of sp³-hybridized carbons (Fsp3) is 0.724. The van der Waals surface area contributed by atoms with Crippen LogP contribution in [0.15, 0.2) is 18.2 Å². The highest BCUT2D eigenvalue weighted by molar-refractivity contribution is 5.73. The van der Waals surface area contributed by atoms with Crippen LogP contribution in [0, 0.1) is 0 Å². The Labute approximate surface area is 181 Å². The van der Waals surface area contributed by atoms with E-state index in [1.54, 1.807) is 22.3 Å². The normalized spacial score (nSPS) is 16.2. The maximum absolute atomic E-state index is 2.40. The third-order valence-corrected chi connectivity index (χ3v) is 7.27. The molecule has 162 valence electrons. The second-order valence-electron chi connectivity index (χ2n) is 9.75. The second kappa shape index (κ2) is 13.3. The van der Waals surface area contributed by atoms with Gasteiger partial charge in [0, 0.05) is 5.92 Å². The molecule has 0 heteroatoms. The van der Waals surface area contributed by atoms with Gasteiger partial charge in [0.1, 0.15) is 0 Å². The van der Waals surface area contributed by atoms with Gasteiger partial charge in [0.05, 0.1) is 0 Å². The SMILES string of the molecule is CCCCCCCCCCCCCCCCCCCC1c2ccc3c(c21)C=CC3. The van der Waals surface area contributed by atoms with E-state index >= 15 is 0 Å². The molecular weight excluding hydrogens is 348 g/mol. The molecule has 0 nitrogen and oxygen atoms in total. The van der Waals surface area contributed by atoms with E-state index in [0.717, 1.165) is 12.3 Å². The van der Waals surface area contributed by atoms with Gasteiger partial charge in [-0.25, -0.2) is 0 Å². The van der Waals surface area contributed by atoms with Crippen LogP contribution in [-0.4, -0.2) is 0 Å². The fourth-order valence-electron chi connectivity index (χ4n) is 5.34. The number of allylic oxidation sites excluding steroid dienone is 1. The molecule has 0 amide bonds. The van der Waals surface area contributed by atoms with E-state index in [-0.39, 0.29) is 0 Å². The predicted octanol–water partition coefficient (Wildman–Crippen LogP) is 9.74. The number of benzene rings is 1. The van der Waals surface area contributed by atoms with Crippen molar-refractivity contribution in [3.63, 3.8) is 0 Å². The van der Waals surface area contributed by atoms with Gasteiger partial charge in [0.2, 0.25) is 0 Å². The van der Waals surface area contributed by atoms with Crippen LogP contribution in [0.1, 0.15) is 151 Å². The smallest absolute Gasteiger partial charge is 0.0101 e. The monoisotopic (exact) mass is 394 g/mol. The fourth-order valence-corrected chi connectivity index (χ4v) is 5.34. The maximum Gasteiger partial charge on any atom is 0.0101 e. The zero-order valence-electron chi connectivity index (χ0n) is 19.3. The van der Waals surface area contributed by atoms with E-state index < -0.39 is 0 Å². The summed E-state index contributed by atoms with van der Waals surface area (Å²) in [5.74, 6) is 0.817. The van der Waals surface area contributed by atoms with Gasteiger partial charge in [-0.1, -0.05) is 140 Å². The summed E-state index contributed by atoms with van der Waals surface area (Å²) in [5.41, 5.74) is 6.51. The topological polar surface area (TPSA) is 0 Å². The highest BCUT2D eigenvalue weighted by Crippen LogP contribution is 2.51. The molecule has 0 radical (unpaired) electrons. The standard InChI is InChI=1S/C29H46/c1-2-3-4-5-6-7-8-9-10-11-12-13-14-15-16-17-18-21-27-28-24-23-25-20-19-22-26(25)29(27)28/h19,22-24,27H,2-18,20-21H2,1H3. The zero-order chi connectivity index (χ0) is 20.2. The lowest BCUT2D eigenvalue weighted by molar-refractivity contribution is 0.524. The van der Waals surface area contributed by atoms with Crippen LogP contribution in [0.3, 0.4) is 0 Å². The summed E-state index contributed by atoms with van der Waals surface area (Å²) < 4.78 is 0. The average molecular weight is 395 g/mol. The molecule has 29 heavy (non-hydrogen) atoms. The lowest BCUT2D eigenvalue weighted by atomic mass is 10.0. The molecule has 0 aromatic heterocycles. The predicted molar refractivity (Wildman–Crippen MR) is 130 cm³/mol. The van der Waals surface area contributed by atoms with E-state index in [9.17, 15) is 0 Å². The van der Waals surface area contributed by atoms with E-state index in [2.05, 4.69) is 31.2 Å². The molecule has 0 fully saturated rings. The van der Waals surface area contributed by atoms with Gasteiger partial charge in [0.15, 0.2) is 0 Å². The molecule has 1 aromatic rings. The molecule has 1 atom stereocenters. The van der Waals surface area contributed by atoms with Crippen molar-refractivity contribution in [3.8, 4) is 0 Å². The van der Waals surface area contributed by atoms with Crippen LogP contribution >= 0.6 is 0 Å². The highest BCUT2D eigenvalue weighted by Gasteiger charge is 2.35. The zero-order valence-corrected chi connectivity index (χ0v) is 19.3. The molecule has 0 spiro atoms. The van der Waals surface area contributed by atoms with Crippen LogP contribution in [0.2, 0.25) is 0 Å². The minimum Gasteiger partial charge on any atom is -0.0795 e. The number of hydrogen-bond donors (Lipinski definition) is 0. The van der Waals surface area contributed by atoms with E-state index in [1.807, 2.05) is 0 Å². The first-order valence-corrected chi connectivity index (χ1v) is 13.2. The van der Waals surface area contributed by atoms with Crippen molar-refractivity contribution in [3.05, 3.63) is 40.5 Å². The van der Waals surface area contributed by atoms with Gasteiger partial charge >= 0.3 is 0 Å². The van der Waals surface area contributed by atoms with Crippen LogP contribution in [-0.2, 0) is 6.42 Å². The maximum atomic E-state index is 2.40. The van der Waals surface area contributed by atoms with Gasteiger partial charge < -0.3 is 0 Å². The molecule has 0 heterocycles. The molecule has 2 aliphatic carbocycles. The minimum atomic E-state index is 0.817. The second-order valence-corrected chi connectivity index (χ2v) is 9.75. The first-order valence-electron chi connectivity index (χ1n) is 13.2. The van der Waals surface area contributed by atoms with Crippen molar-refractivity contribution in [2.75, 3.05) is 0 Å². The van der Waals surface area contributed by atoms with Gasteiger partial charge in [0.25, 0.3) is 0 Å². The van der Waals surface area contributed by atoms with E-state index in [0.29, 0.717) is 0 Å². The molecular formula is C29H46. The van der Waals surface area contributed by atoms with Crippen LogP contribution < -0.4 is 0 Å². The van der Waals surface area contributed by atoms with Crippen molar-refractivity contribution in [2.45, 2.75) is 135 Å². The van der Waals surface area contributed by atoms with Gasteiger partial charge in [-0.05, 0) is 35.1 Å². The minimum absolute atomic E-state index is 0.817. The van der Waals surface area contributed by atoms with Gasteiger partial charge in [-0.15, -0.1) is 0 Å².